The number of rotatable bonds is 2. The fourth-order valence-electron chi connectivity index (χ4n) is 2.40. The second kappa shape index (κ2) is 3.87. The van der Waals surface area contributed by atoms with Gasteiger partial charge in [0.15, 0.2) is 0 Å². The van der Waals surface area contributed by atoms with Crippen LogP contribution in [0.1, 0.15) is 19.8 Å². The lowest BCUT2D eigenvalue weighted by molar-refractivity contribution is -0.152. The van der Waals surface area contributed by atoms with Crippen LogP contribution in [-0.2, 0) is 9.53 Å². The van der Waals surface area contributed by atoms with E-state index < -0.39 is 5.97 Å². The maximum atomic E-state index is 10.9. The first-order valence-corrected chi connectivity index (χ1v) is 5.26. The summed E-state index contributed by atoms with van der Waals surface area (Å²) in [7, 11) is 0. The standard InChI is InChI=1S/C10H17NO3/c1-7-6-14-5-4-11(7)9-3-2-8(9)10(12)13/h7-9H,2-6H2,1H3,(H,12,13). The first-order valence-electron chi connectivity index (χ1n) is 5.26. The monoisotopic (exact) mass is 199 g/mol. The summed E-state index contributed by atoms with van der Waals surface area (Å²) in [4.78, 5) is 13.2. The van der Waals surface area contributed by atoms with Crippen LogP contribution >= 0.6 is 0 Å². The molecule has 80 valence electrons. The van der Waals surface area contributed by atoms with Gasteiger partial charge in [0.05, 0.1) is 19.1 Å². The molecule has 0 aromatic carbocycles. The number of carboxylic acid groups (broad SMARTS) is 1. The van der Waals surface area contributed by atoms with E-state index in [9.17, 15) is 4.79 Å². The zero-order chi connectivity index (χ0) is 10.1. The summed E-state index contributed by atoms with van der Waals surface area (Å²) in [6.07, 6.45) is 1.87. The van der Waals surface area contributed by atoms with E-state index in [1.807, 2.05) is 0 Å². The highest BCUT2D eigenvalue weighted by Gasteiger charge is 2.42. The van der Waals surface area contributed by atoms with E-state index in [0.29, 0.717) is 6.04 Å². The fourth-order valence-corrected chi connectivity index (χ4v) is 2.40. The molecular formula is C10H17NO3. The van der Waals surface area contributed by atoms with Gasteiger partial charge in [-0.05, 0) is 19.8 Å². The minimum Gasteiger partial charge on any atom is -0.481 e. The number of ether oxygens (including phenoxy) is 1. The van der Waals surface area contributed by atoms with Gasteiger partial charge in [0.2, 0.25) is 0 Å². The van der Waals surface area contributed by atoms with Crippen LogP contribution in [-0.4, -0.2) is 47.8 Å². The molecule has 1 N–H and O–H groups in total. The third-order valence-corrected chi connectivity index (χ3v) is 3.40. The lowest BCUT2D eigenvalue weighted by Gasteiger charge is -2.46. The number of hydrogen-bond acceptors (Lipinski definition) is 3. The van der Waals surface area contributed by atoms with E-state index in [1.165, 1.54) is 0 Å². The van der Waals surface area contributed by atoms with Gasteiger partial charge in [-0.2, -0.15) is 0 Å². The molecule has 4 heteroatoms. The fraction of sp³-hybridized carbons (Fsp3) is 0.900. The maximum absolute atomic E-state index is 10.9. The Morgan fingerprint density at radius 3 is 2.79 bits per heavy atom. The van der Waals surface area contributed by atoms with Crippen molar-refractivity contribution in [1.29, 1.82) is 0 Å². The molecule has 0 radical (unpaired) electrons. The van der Waals surface area contributed by atoms with E-state index in [4.69, 9.17) is 9.84 Å². The number of carboxylic acids is 1. The van der Waals surface area contributed by atoms with Gasteiger partial charge in [0, 0.05) is 18.6 Å². The first-order chi connectivity index (χ1) is 6.70. The van der Waals surface area contributed by atoms with Crippen molar-refractivity contribution in [2.45, 2.75) is 31.8 Å². The number of carbonyl (C=O) groups is 1. The largest absolute Gasteiger partial charge is 0.481 e. The van der Waals surface area contributed by atoms with E-state index in [1.54, 1.807) is 0 Å². The molecule has 2 rings (SSSR count). The Bertz CT molecular complexity index is 231. The summed E-state index contributed by atoms with van der Waals surface area (Å²) in [6.45, 7) is 4.47. The molecule has 2 aliphatic rings. The molecule has 0 bridgehead atoms. The van der Waals surface area contributed by atoms with Crippen LogP contribution in [0.3, 0.4) is 0 Å². The zero-order valence-corrected chi connectivity index (χ0v) is 8.48. The van der Waals surface area contributed by atoms with Gasteiger partial charge in [-0.15, -0.1) is 0 Å². The van der Waals surface area contributed by atoms with Gasteiger partial charge in [-0.3, -0.25) is 9.69 Å². The van der Waals surface area contributed by atoms with Crippen molar-refractivity contribution >= 4 is 5.97 Å². The van der Waals surface area contributed by atoms with Crippen LogP contribution in [0, 0.1) is 5.92 Å². The molecule has 1 aliphatic carbocycles. The topological polar surface area (TPSA) is 49.8 Å². The van der Waals surface area contributed by atoms with Gasteiger partial charge >= 0.3 is 5.97 Å². The molecule has 0 aromatic rings. The smallest absolute Gasteiger partial charge is 0.308 e. The third-order valence-electron chi connectivity index (χ3n) is 3.40. The Morgan fingerprint density at radius 1 is 1.50 bits per heavy atom. The van der Waals surface area contributed by atoms with Gasteiger partial charge in [0.1, 0.15) is 0 Å². The van der Waals surface area contributed by atoms with Crippen molar-refractivity contribution in [3.63, 3.8) is 0 Å². The minimum atomic E-state index is -0.639. The predicted octanol–water partition coefficient (Wildman–Crippen LogP) is 0.570. The molecule has 1 saturated heterocycles. The molecular weight excluding hydrogens is 182 g/mol. The Balaban J connectivity index is 1.96. The number of hydrogen-bond donors (Lipinski definition) is 1. The van der Waals surface area contributed by atoms with Gasteiger partial charge in [-0.25, -0.2) is 0 Å². The SMILES string of the molecule is CC1COCCN1C1CCC1C(=O)O. The summed E-state index contributed by atoms with van der Waals surface area (Å²) in [5.41, 5.74) is 0. The average Bonchev–Trinajstić information content (AvgIpc) is 2.05. The number of morpholine rings is 1. The maximum Gasteiger partial charge on any atom is 0.308 e. The molecule has 3 unspecified atom stereocenters. The van der Waals surface area contributed by atoms with E-state index in [0.717, 1.165) is 32.6 Å². The van der Waals surface area contributed by atoms with Crippen molar-refractivity contribution in [2.24, 2.45) is 5.92 Å². The normalized spacial score (nSPS) is 39.1. The van der Waals surface area contributed by atoms with Crippen molar-refractivity contribution in [3.05, 3.63) is 0 Å². The van der Waals surface area contributed by atoms with E-state index in [2.05, 4.69) is 11.8 Å². The highest BCUT2D eigenvalue weighted by atomic mass is 16.5. The summed E-state index contributed by atoms with van der Waals surface area (Å²) in [5, 5.41) is 8.96. The molecule has 0 amide bonds. The molecule has 1 aliphatic heterocycles. The van der Waals surface area contributed by atoms with Crippen LogP contribution in [0.15, 0.2) is 0 Å². The average molecular weight is 199 g/mol. The number of nitrogens with zero attached hydrogens (tertiary/aromatic N) is 1. The summed E-state index contributed by atoms with van der Waals surface area (Å²) < 4.78 is 5.34. The van der Waals surface area contributed by atoms with Crippen LogP contribution in [0.2, 0.25) is 0 Å². The van der Waals surface area contributed by atoms with E-state index >= 15 is 0 Å². The minimum absolute atomic E-state index is 0.143. The second-order valence-electron chi connectivity index (χ2n) is 4.25. The molecule has 4 nitrogen and oxygen atoms in total. The van der Waals surface area contributed by atoms with Crippen LogP contribution in [0.5, 0.6) is 0 Å². The Kier molecular flexibility index (Phi) is 2.74. The van der Waals surface area contributed by atoms with Crippen molar-refractivity contribution in [2.75, 3.05) is 19.8 Å². The molecule has 0 spiro atoms. The Labute approximate surface area is 83.8 Å². The lowest BCUT2D eigenvalue weighted by Crippen LogP contribution is -2.57. The van der Waals surface area contributed by atoms with Gasteiger partial charge in [0.25, 0.3) is 0 Å². The van der Waals surface area contributed by atoms with Gasteiger partial charge < -0.3 is 9.84 Å². The highest BCUT2D eigenvalue weighted by Crippen LogP contribution is 2.34. The van der Waals surface area contributed by atoms with Crippen molar-refractivity contribution in [3.8, 4) is 0 Å². The molecule has 3 atom stereocenters. The second-order valence-corrected chi connectivity index (χ2v) is 4.25. The van der Waals surface area contributed by atoms with Crippen molar-refractivity contribution < 1.29 is 14.6 Å². The van der Waals surface area contributed by atoms with Crippen molar-refractivity contribution in [1.82, 2.24) is 4.90 Å². The molecule has 1 heterocycles. The van der Waals surface area contributed by atoms with Crippen LogP contribution < -0.4 is 0 Å². The predicted molar refractivity (Wildman–Crippen MR) is 51.1 cm³/mol. The summed E-state index contributed by atoms with van der Waals surface area (Å²) in [5.74, 6) is -0.782. The molecule has 2 fully saturated rings. The summed E-state index contributed by atoms with van der Waals surface area (Å²) >= 11 is 0. The number of aliphatic carboxylic acids is 1. The van der Waals surface area contributed by atoms with Crippen LogP contribution in [0.25, 0.3) is 0 Å². The highest BCUT2D eigenvalue weighted by molar-refractivity contribution is 5.72. The Hall–Kier alpha value is -0.610. The molecule has 0 aromatic heterocycles. The third kappa shape index (κ3) is 1.64. The summed E-state index contributed by atoms with van der Waals surface area (Å²) in [6, 6.07) is 0.627. The first kappa shape index (κ1) is 9.93. The van der Waals surface area contributed by atoms with E-state index in [-0.39, 0.29) is 12.0 Å². The quantitative estimate of drug-likeness (QED) is 0.706. The lowest BCUT2D eigenvalue weighted by atomic mass is 9.78. The molecule has 1 saturated carbocycles. The Morgan fingerprint density at radius 2 is 2.29 bits per heavy atom. The molecule has 14 heavy (non-hydrogen) atoms. The van der Waals surface area contributed by atoms with Crippen LogP contribution in [0.4, 0.5) is 0 Å². The van der Waals surface area contributed by atoms with Gasteiger partial charge in [-0.1, -0.05) is 0 Å². The zero-order valence-electron chi connectivity index (χ0n) is 8.48.